The fourth-order valence-electron chi connectivity index (χ4n) is 1.84. The second kappa shape index (κ2) is 6.66. The van der Waals surface area contributed by atoms with Gasteiger partial charge in [-0.25, -0.2) is 0 Å². The summed E-state index contributed by atoms with van der Waals surface area (Å²) in [4.78, 5) is 0. The van der Waals surface area contributed by atoms with Crippen LogP contribution in [0.3, 0.4) is 0 Å². The van der Waals surface area contributed by atoms with Gasteiger partial charge in [0.1, 0.15) is 0 Å². The molecule has 0 saturated heterocycles. The number of ether oxygens (including phenoxy) is 1. The Morgan fingerprint density at radius 3 is 2.62 bits per heavy atom. The van der Waals surface area contributed by atoms with Gasteiger partial charge in [0, 0.05) is 38.0 Å². The maximum Gasteiger partial charge on any atom is 0.0615 e. The van der Waals surface area contributed by atoms with Crippen LogP contribution >= 0.6 is 0 Å². The fraction of sp³-hybridized carbons (Fsp3) is 0.750. The molecule has 0 aliphatic heterocycles. The highest BCUT2D eigenvalue weighted by atomic mass is 16.5. The predicted molar refractivity (Wildman–Crippen MR) is 65.3 cm³/mol. The Balaban J connectivity index is 2.60. The topological polar surface area (TPSA) is 39.1 Å². The van der Waals surface area contributed by atoms with Crippen molar-refractivity contribution < 1.29 is 4.74 Å². The van der Waals surface area contributed by atoms with Crippen LogP contribution in [0.15, 0.2) is 12.4 Å². The molecule has 4 heteroatoms. The first-order valence-corrected chi connectivity index (χ1v) is 5.94. The highest BCUT2D eigenvalue weighted by molar-refractivity contribution is 5.10. The van der Waals surface area contributed by atoms with E-state index in [9.17, 15) is 0 Å². The van der Waals surface area contributed by atoms with Crippen LogP contribution in [-0.2, 0) is 11.8 Å². The standard InChI is InChI=1S/C12H23N3O/c1-5-11(9-16-4)14-12(6-2)10-7-13-15(3)8-10/h7-8,11-12,14H,5-6,9H2,1-4H3. The minimum absolute atomic E-state index is 0.369. The largest absolute Gasteiger partial charge is 0.383 e. The highest BCUT2D eigenvalue weighted by Crippen LogP contribution is 2.16. The Morgan fingerprint density at radius 2 is 2.19 bits per heavy atom. The second-order valence-electron chi connectivity index (χ2n) is 4.14. The summed E-state index contributed by atoms with van der Waals surface area (Å²) in [6, 6.07) is 0.781. The van der Waals surface area contributed by atoms with E-state index in [4.69, 9.17) is 4.74 Å². The number of nitrogens with one attached hydrogen (secondary N) is 1. The van der Waals surface area contributed by atoms with E-state index < -0.39 is 0 Å². The summed E-state index contributed by atoms with van der Waals surface area (Å²) in [6.07, 6.45) is 6.14. The van der Waals surface area contributed by atoms with Gasteiger partial charge in [-0.1, -0.05) is 13.8 Å². The number of aryl methyl sites for hydroxylation is 1. The van der Waals surface area contributed by atoms with Gasteiger partial charge in [0.15, 0.2) is 0 Å². The Kier molecular flexibility index (Phi) is 5.49. The fourth-order valence-corrected chi connectivity index (χ4v) is 1.84. The van der Waals surface area contributed by atoms with Gasteiger partial charge in [-0.15, -0.1) is 0 Å². The van der Waals surface area contributed by atoms with Crippen molar-refractivity contribution in [3.8, 4) is 0 Å². The molecule has 1 aromatic heterocycles. The van der Waals surface area contributed by atoms with Crippen LogP contribution in [0, 0.1) is 0 Å². The van der Waals surface area contributed by atoms with Crippen molar-refractivity contribution in [2.24, 2.45) is 7.05 Å². The van der Waals surface area contributed by atoms with Gasteiger partial charge >= 0.3 is 0 Å². The van der Waals surface area contributed by atoms with Crippen molar-refractivity contribution in [3.63, 3.8) is 0 Å². The minimum atomic E-state index is 0.369. The van der Waals surface area contributed by atoms with Gasteiger partial charge < -0.3 is 10.1 Å². The zero-order valence-corrected chi connectivity index (χ0v) is 10.7. The van der Waals surface area contributed by atoms with Gasteiger partial charge in [-0.2, -0.15) is 5.10 Å². The summed E-state index contributed by atoms with van der Waals surface area (Å²) in [7, 11) is 3.69. The van der Waals surface area contributed by atoms with Crippen LogP contribution in [0.1, 0.15) is 38.3 Å². The zero-order valence-electron chi connectivity index (χ0n) is 10.7. The van der Waals surface area contributed by atoms with Crippen molar-refractivity contribution in [2.75, 3.05) is 13.7 Å². The molecular weight excluding hydrogens is 202 g/mol. The Labute approximate surface area is 98.0 Å². The van der Waals surface area contributed by atoms with Crippen molar-refractivity contribution in [1.29, 1.82) is 0 Å². The van der Waals surface area contributed by atoms with Gasteiger partial charge in [-0.05, 0) is 12.8 Å². The molecule has 2 unspecified atom stereocenters. The van der Waals surface area contributed by atoms with Crippen molar-refractivity contribution in [3.05, 3.63) is 18.0 Å². The molecule has 0 radical (unpaired) electrons. The van der Waals surface area contributed by atoms with Gasteiger partial charge in [0.05, 0.1) is 12.8 Å². The molecule has 0 spiro atoms. The highest BCUT2D eigenvalue weighted by Gasteiger charge is 2.15. The third kappa shape index (κ3) is 3.61. The summed E-state index contributed by atoms with van der Waals surface area (Å²) in [5.41, 5.74) is 1.25. The van der Waals surface area contributed by atoms with Crippen molar-refractivity contribution >= 4 is 0 Å². The van der Waals surface area contributed by atoms with Gasteiger partial charge in [0.2, 0.25) is 0 Å². The van der Waals surface area contributed by atoms with E-state index in [0.29, 0.717) is 12.1 Å². The molecular formula is C12H23N3O. The van der Waals surface area contributed by atoms with E-state index in [1.165, 1.54) is 5.56 Å². The average molecular weight is 225 g/mol. The Hall–Kier alpha value is -0.870. The van der Waals surface area contributed by atoms with Crippen molar-refractivity contribution in [1.82, 2.24) is 15.1 Å². The molecule has 0 aromatic carbocycles. The lowest BCUT2D eigenvalue weighted by atomic mass is 10.1. The Bertz CT molecular complexity index is 298. The summed E-state index contributed by atoms with van der Waals surface area (Å²) in [6.45, 7) is 5.12. The molecule has 0 fully saturated rings. The Morgan fingerprint density at radius 1 is 1.44 bits per heavy atom. The van der Waals surface area contributed by atoms with E-state index in [2.05, 4.69) is 30.5 Å². The minimum Gasteiger partial charge on any atom is -0.383 e. The van der Waals surface area contributed by atoms with E-state index in [1.54, 1.807) is 7.11 Å². The lowest BCUT2D eigenvalue weighted by Crippen LogP contribution is -2.35. The van der Waals surface area contributed by atoms with E-state index in [1.807, 2.05) is 17.9 Å². The SMILES string of the molecule is CCC(COC)NC(CC)c1cnn(C)c1. The number of nitrogens with zero attached hydrogens (tertiary/aromatic N) is 2. The van der Waals surface area contributed by atoms with Crippen LogP contribution in [0.25, 0.3) is 0 Å². The summed E-state index contributed by atoms with van der Waals surface area (Å²) in [5.74, 6) is 0. The molecule has 4 nitrogen and oxygen atoms in total. The first kappa shape index (κ1) is 13.2. The molecule has 1 N–H and O–H groups in total. The molecule has 92 valence electrons. The molecule has 16 heavy (non-hydrogen) atoms. The molecule has 1 aromatic rings. The van der Waals surface area contributed by atoms with Crippen LogP contribution in [0.5, 0.6) is 0 Å². The summed E-state index contributed by atoms with van der Waals surface area (Å²) >= 11 is 0. The maximum absolute atomic E-state index is 5.20. The van der Waals surface area contributed by atoms with E-state index in [-0.39, 0.29) is 0 Å². The predicted octanol–water partition coefficient (Wildman–Crippen LogP) is 1.89. The maximum atomic E-state index is 5.20. The average Bonchev–Trinajstić information content (AvgIpc) is 2.71. The number of aromatic nitrogens is 2. The van der Waals surface area contributed by atoms with Gasteiger partial charge in [-0.3, -0.25) is 4.68 Å². The normalized spacial score (nSPS) is 15.0. The third-order valence-corrected chi connectivity index (χ3v) is 2.83. The molecule has 0 aliphatic carbocycles. The van der Waals surface area contributed by atoms with E-state index >= 15 is 0 Å². The molecule has 1 rings (SSSR count). The lowest BCUT2D eigenvalue weighted by Gasteiger charge is -2.22. The van der Waals surface area contributed by atoms with Crippen LogP contribution in [0.2, 0.25) is 0 Å². The quantitative estimate of drug-likeness (QED) is 0.770. The third-order valence-electron chi connectivity index (χ3n) is 2.83. The molecule has 0 aliphatic rings. The zero-order chi connectivity index (χ0) is 12.0. The number of methoxy groups -OCH3 is 1. The molecule has 0 amide bonds. The van der Waals surface area contributed by atoms with Gasteiger partial charge in [0.25, 0.3) is 0 Å². The molecule has 0 bridgehead atoms. The second-order valence-corrected chi connectivity index (χ2v) is 4.14. The number of hydrogen-bond acceptors (Lipinski definition) is 3. The smallest absolute Gasteiger partial charge is 0.0615 e. The first-order chi connectivity index (χ1) is 7.71. The lowest BCUT2D eigenvalue weighted by molar-refractivity contribution is 0.158. The molecule has 2 atom stereocenters. The number of rotatable bonds is 7. The van der Waals surface area contributed by atoms with E-state index in [0.717, 1.165) is 19.4 Å². The van der Waals surface area contributed by atoms with Crippen LogP contribution in [0.4, 0.5) is 0 Å². The summed E-state index contributed by atoms with van der Waals surface area (Å²) in [5, 5.41) is 7.82. The van der Waals surface area contributed by atoms with Crippen LogP contribution < -0.4 is 5.32 Å². The van der Waals surface area contributed by atoms with Crippen LogP contribution in [-0.4, -0.2) is 29.5 Å². The molecule has 1 heterocycles. The van der Waals surface area contributed by atoms with Crippen molar-refractivity contribution in [2.45, 2.75) is 38.8 Å². The first-order valence-electron chi connectivity index (χ1n) is 5.94. The number of hydrogen-bond donors (Lipinski definition) is 1. The molecule has 0 saturated carbocycles. The monoisotopic (exact) mass is 225 g/mol. The summed E-state index contributed by atoms with van der Waals surface area (Å²) < 4.78 is 7.04.